The zero-order chi connectivity index (χ0) is 3.58. The first-order valence-electron chi connectivity index (χ1n) is 0.707. The van der Waals surface area contributed by atoms with Crippen LogP contribution in [0.5, 0.6) is 0 Å². The van der Waals surface area contributed by atoms with E-state index in [4.69, 9.17) is 15.1 Å². The van der Waals surface area contributed by atoms with Gasteiger partial charge < -0.3 is 15.1 Å². The van der Waals surface area contributed by atoms with Crippen LogP contribution < -0.4 is 66.5 Å². The molecule has 0 saturated carbocycles. The van der Waals surface area contributed by atoms with Crippen LogP contribution in [0, 0.1) is 0 Å². The molecule has 0 aromatic rings. The molecule has 0 fully saturated rings. The van der Waals surface area contributed by atoms with Crippen LogP contribution in [0.4, 0.5) is 0 Å². The molecule has 0 heterocycles. The van der Waals surface area contributed by atoms with Gasteiger partial charge in [-0.2, -0.15) is 0 Å². The van der Waals surface area contributed by atoms with E-state index >= 15 is 0 Å². The largest absolute Gasteiger partial charge is 1.00 e. The molecule has 24 valence electrons. The molecule has 5 heavy (non-hydrogen) atoms. The minimum absolute atomic E-state index is 0. The molecule has 0 aromatic carbocycles. The third kappa shape index (κ3) is 28.6. The van der Waals surface area contributed by atoms with Crippen molar-refractivity contribution in [2.75, 3.05) is 0 Å². The van der Waals surface area contributed by atoms with Gasteiger partial charge in [0.2, 0.25) is 0 Å². The molecule has 0 saturated heterocycles. The first kappa shape index (κ1) is 9.77. The minimum atomic E-state index is -2.92. The molecule has 0 aliphatic carbocycles. The van der Waals surface area contributed by atoms with Crippen LogP contribution in [0.15, 0.2) is 0 Å². The number of rotatable bonds is 0. The van der Waals surface area contributed by atoms with E-state index < -0.39 is 7.32 Å². The molecule has 0 aliphatic rings. The maximum absolute atomic E-state index is 8.42. The average molecular weight is 99.9 g/mol. The summed E-state index contributed by atoms with van der Waals surface area (Å²) in [6.45, 7) is 0. The minimum Gasteiger partial charge on any atom is -0.907 e. The summed E-state index contributed by atoms with van der Waals surface area (Å²) in [5, 5.41) is 25.2. The normalized spacial score (nSPS) is 5.40. The van der Waals surface area contributed by atoms with Crippen LogP contribution in [0.3, 0.4) is 0 Å². The van der Waals surface area contributed by atoms with Crippen molar-refractivity contribution in [3.05, 3.63) is 0 Å². The van der Waals surface area contributed by atoms with Gasteiger partial charge in [-0.1, -0.05) is 0 Å². The maximum atomic E-state index is 8.42. The summed E-state index contributed by atoms with van der Waals surface area (Å²) in [4.78, 5) is 0. The van der Waals surface area contributed by atoms with Gasteiger partial charge in [-0.15, -0.1) is 0 Å². The molecular formula is H2BKO3. The summed E-state index contributed by atoms with van der Waals surface area (Å²) in [6.07, 6.45) is 0. The SMILES string of the molecule is [H+].[H+].[K+].[O-]B([O-])[O-]. The molecule has 5 heteroatoms. The summed E-state index contributed by atoms with van der Waals surface area (Å²) >= 11 is 0. The van der Waals surface area contributed by atoms with Crippen molar-refractivity contribution in [2.45, 2.75) is 0 Å². The van der Waals surface area contributed by atoms with Gasteiger partial charge in [0.25, 0.3) is 0 Å². The molecule has 0 rings (SSSR count). The topological polar surface area (TPSA) is 69.2 Å². The van der Waals surface area contributed by atoms with E-state index in [1.54, 1.807) is 0 Å². The Kier molecular flexibility index (Phi) is 10.9. The smallest absolute Gasteiger partial charge is 0.907 e. The molecule has 0 spiro atoms. The van der Waals surface area contributed by atoms with Crippen LogP contribution in [0.1, 0.15) is 2.85 Å². The van der Waals surface area contributed by atoms with Gasteiger partial charge in [0.1, 0.15) is 0 Å². The van der Waals surface area contributed by atoms with E-state index in [2.05, 4.69) is 0 Å². The fourth-order valence-corrected chi connectivity index (χ4v) is 0. The number of hydrogen-bond donors (Lipinski definition) is 0. The van der Waals surface area contributed by atoms with Gasteiger partial charge in [0.15, 0.2) is 0 Å². The van der Waals surface area contributed by atoms with Gasteiger partial charge in [-0.3, -0.25) is 7.32 Å². The van der Waals surface area contributed by atoms with Crippen molar-refractivity contribution < 1.29 is 69.3 Å². The van der Waals surface area contributed by atoms with Crippen molar-refractivity contribution in [2.24, 2.45) is 0 Å². The van der Waals surface area contributed by atoms with E-state index in [0.29, 0.717) is 0 Å². The Morgan fingerprint density at radius 1 is 1.20 bits per heavy atom. The molecule has 0 N–H and O–H groups in total. The van der Waals surface area contributed by atoms with E-state index in [1.807, 2.05) is 0 Å². The van der Waals surface area contributed by atoms with Crippen molar-refractivity contribution in [1.82, 2.24) is 0 Å². The maximum Gasteiger partial charge on any atom is 1.00 e. The first-order chi connectivity index (χ1) is 1.73. The second kappa shape index (κ2) is 5.58. The van der Waals surface area contributed by atoms with E-state index in [-0.39, 0.29) is 54.2 Å². The van der Waals surface area contributed by atoms with Crippen LogP contribution in [0.25, 0.3) is 0 Å². The third-order valence-electron chi connectivity index (χ3n) is 0. The predicted molar refractivity (Wildman–Crippen MR) is 7.98 cm³/mol. The molecule has 0 bridgehead atoms. The summed E-state index contributed by atoms with van der Waals surface area (Å²) in [5.41, 5.74) is 0. The Bertz CT molecular complexity index is 17.7. The van der Waals surface area contributed by atoms with Crippen molar-refractivity contribution in [3.8, 4) is 0 Å². The third-order valence-corrected chi connectivity index (χ3v) is 0. The van der Waals surface area contributed by atoms with Crippen molar-refractivity contribution in [1.29, 1.82) is 0 Å². The predicted octanol–water partition coefficient (Wildman–Crippen LogP) is -6.72. The second-order valence-electron chi connectivity index (χ2n) is 0.289. The van der Waals surface area contributed by atoms with Crippen LogP contribution >= 0.6 is 0 Å². The van der Waals surface area contributed by atoms with Crippen LogP contribution in [-0.2, 0) is 0 Å². The van der Waals surface area contributed by atoms with Gasteiger partial charge in [0.05, 0.1) is 0 Å². The van der Waals surface area contributed by atoms with Gasteiger partial charge in [-0.05, 0) is 0 Å². The zero-order valence-corrected chi connectivity index (χ0v) is 5.93. The first-order valence-corrected chi connectivity index (χ1v) is 0.707. The van der Waals surface area contributed by atoms with Crippen molar-refractivity contribution >= 4 is 7.32 Å². The molecule has 0 radical (unpaired) electrons. The van der Waals surface area contributed by atoms with Gasteiger partial charge in [-0.25, -0.2) is 0 Å². The quantitative estimate of drug-likeness (QED) is 0.284. The molecule has 0 unspecified atom stereocenters. The summed E-state index contributed by atoms with van der Waals surface area (Å²) in [6, 6.07) is 0. The van der Waals surface area contributed by atoms with Crippen LogP contribution in [0.2, 0.25) is 0 Å². The Morgan fingerprint density at radius 3 is 1.20 bits per heavy atom. The van der Waals surface area contributed by atoms with Gasteiger partial charge in [0, 0.05) is 0 Å². The Hall–Kier alpha value is 1.58. The zero-order valence-electron chi connectivity index (χ0n) is 4.80. The standard InChI is InChI=1S/BO3.K/c2-1(3)4;/q-3;+1/p+2. The fourth-order valence-electron chi connectivity index (χ4n) is 0. The Balaban J connectivity index is -0.0000000150. The Labute approximate surface area is 75.6 Å². The molecular weight excluding hydrogens is 97.9 g/mol. The molecule has 3 nitrogen and oxygen atoms in total. The monoisotopic (exact) mass is 100.0 g/mol. The fraction of sp³-hybridized carbons (Fsp3) is 0. The Morgan fingerprint density at radius 2 is 1.20 bits per heavy atom. The summed E-state index contributed by atoms with van der Waals surface area (Å²) in [7, 11) is -2.92. The van der Waals surface area contributed by atoms with Crippen molar-refractivity contribution in [3.63, 3.8) is 0 Å². The average Bonchev–Trinajstić information content (AvgIpc) is 0.811. The second-order valence-corrected chi connectivity index (χ2v) is 0.289. The molecule has 0 aromatic heterocycles. The molecule has 0 aliphatic heterocycles. The summed E-state index contributed by atoms with van der Waals surface area (Å²) < 4.78 is 0. The molecule has 0 amide bonds. The molecule has 0 atom stereocenters. The van der Waals surface area contributed by atoms with Gasteiger partial charge >= 0.3 is 54.2 Å². The van der Waals surface area contributed by atoms with Crippen LogP contribution in [-0.4, -0.2) is 7.32 Å². The van der Waals surface area contributed by atoms with E-state index in [1.165, 1.54) is 0 Å². The van der Waals surface area contributed by atoms with E-state index in [0.717, 1.165) is 0 Å². The number of hydrogen-bond acceptors (Lipinski definition) is 3. The summed E-state index contributed by atoms with van der Waals surface area (Å²) in [5.74, 6) is 0. The van der Waals surface area contributed by atoms with E-state index in [9.17, 15) is 0 Å².